The maximum Gasteiger partial charge on any atom is 0.574 e. The van der Waals surface area contributed by atoms with Gasteiger partial charge in [-0.2, -0.15) is 9.37 Å². The van der Waals surface area contributed by atoms with Crippen LogP contribution in [0.2, 0.25) is 0 Å². The van der Waals surface area contributed by atoms with E-state index in [1.54, 1.807) is 0 Å². The second kappa shape index (κ2) is 3.67. The summed E-state index contributed by atoms with van der Waals surface area (Å²) in [5.74, 6) is -2.73. The number of hydrogen-bond donors (Lipinski definition) is 0. The molecule has 0 fully saturated rings. The molecule has 1 heterocycles. The second-order valence-corrected chi connectivity index (χ2v) is 2.26. The van der Waals surface area contributed by atoms with Crippen molar-refractivity contribution in [3.63, 3.8) is 0 Å². The molecule has 1 rings (SSSR count). The molecule has 5 nitrogen and oxygen atoms in total. The number of nitro groups is 1. The van der Waals surface area contributed by atoms with E-state index in [1.807, 2.05) is 0 Å². The average Bonchev–Trinajstić information content (AvgIpc) is 1.99. The normalized spacial score (nSPS) is 11.2. The van der Waals surface area contributed by atoms with Gasteiger partial charge in [0.25, 0.3) is 5.95 Å². The lowest BCUT2D eigenvalue weighted by Crippen LogP contribution is -2.18. The lowest BCUT2D eigenvalue weighted by Gasteiger charge is -2.06. The van der Waals surface area contributed by atoms with Crippen molar-refractivity contribution < 1.29 is 27.2 Å². The largest absolute Gasteiger partial charge is 0.574 e. The van der Waals surface area contributed by atoms with Gasteiger partial charge in [-0.25, -0.2) is 0 Å². The fraction of sp³-hybridized carbons (Fsp3) is 0.167. The third-order valence-electron chi connectivity index (χ3n) is 1.22. The van der Waals surface area contributed by atoms with Gasteiger partial charge in [0.05, 0.1) is 4.92 Å². The molecule has 0 spiro atoms. The summed E-state index contributed by atoms with van der Waals surface area (Å²) < 4.78 is 50.8. The third-order valence-corrected chi connectivity index (χ3v) is 1.22. The maximum atomic E-state index is 12.7. The zero-order chi connectivity index (χ0) is 11.6. The zero-order valence-corrected chi connectivity index (χ0v) is 6.79. The molecule has 0 saturated carbocycles. The Kier molecular flexibility index (Phi) is 2.73. The minimum absolute atomic E-state index is 0.531. The van der Waals surface area contributed by atoms with Crippen LogP contribution >= 0.6 is 0 Å². The topological polar surface area (TPSA) is 65.3 Å². The Bertz CT molecular complexity index is 392. The predicted molar refractivity (Wildman–Crippen MR) is 37.5 cm³/mol. The van der Waals surface area contributed by atoms with Crippen LogP contribution in [0, 0.1) is 16.1 Å². The molecule has 0 saturated heterocycles. The first-order chi connectivity index (χ1) is 6.79. The van der Waals surface area contributed by atoms with E-state index in [4.69, 9.17) is 0 Å². The Morgan fingerprint density at radius 3 is 2.40 bits per heavy atom. The molecular formula is C6H2F4N2O3. The van der Waals surface area contributed by atoms with Crippen molar-refractivity contribution in [2.75, 3.05) is 0 Å². The molecule has 0 aliphatic heterocycles. The van der Waals surface area contributed by atoms with Crippen LogP contribution in [0.5, 0.6) is 5.88 Å². The first-order valence-corrected chi connectivity index (χ1v) is 3.36. The van der Waals surface area contributed by atoms with Gasteiger partial charge in [0, 0.05) is 12.1 Å². The molecule has 0 N–H and O–H groups in total. The molecule has 0 amide bonds. The minimum atomic E-state index is -5.02. The fourth-order valence-corrected chi connectivity index (χ4v) is 0.722. The molecule has 0 atom stereocenters. The van der Waals surface area contributed by atoms with Crippen molar-refractivity contribution in [1.29, 1.82) is 0 Å². The van der Waals surface area contributed by atoms with Gasteiger partial charge in [-0.3, -0.25) is 10.1 Å². The third kappa shape index (κ3) is 3.04. The summed E-state index contributed by atoms with van der Waals surface area (Å²) in [6.45, 7) is 0. The van der Waals surface area contributed by atoms with Crippen molar-refractivity contribution >= 4 is 5.69 Å². The first-order valence-electron chi connectivity index (χ1n) is 3.36. The summed E-state index contributed by atoms with van der Waals surface area (Å²) in [5.41, 5.74) is -1.02. The standard InChI is InChI=1S/C6H2F4N2O3/c7-5-3(12(13)14)1-2-4(11-5)15-6(8,9)10/h1-2H. The van der Waals surface area contributed by atoms with E-state index in [0.29, 0.717) is 12.1 Å². The quantitative estimate of drug-likeness (QED) is 0.335. The Balaban J connectivity index is 2.97. The Morgan fingerprint density at radius 1 is 1.40 bits per heavy atom. The van der Waals surface area contributed by atoms with Gasteiger partial charge in [-0.05, 0) is 0 Å². The highest BCUT2D eigenvalue weighted by atomic mass is 19.4. The van der Waals surface area contributed by atoms with Crippen molar-refractivity contribution in [2.24, 2.45) is 0 Å². The van der Waals surface area contributed by atoms with Gasteiger partial charge in [0.1, 0.15) is 0 Å². The van der Waals surface area contributed by atoms with Gasteiger partial charge in [0.2, 0.25) is 5.88 Å². The van der Waals surface area contributed by atoms with E-state index in [9.17, 15) is 27.7 Å². The van der Waals surface area contributed by atoms with Crippen molar-refractivity contribution in [1.82, 2.24) is 4.98 Å². The van der Waals surface area contributed by atoms with Crippen LogP contribution in [0.1, 0.15) is 0 Å². The van der Waals surface area contributed by atoms with E-state index in [0.717, 1.165) is 0 Å². The van der Waals surface area contributed by atoms with Crippen LogP contribution in [0.15, 0.2) is 12.1 Å². The van der Waals surface area contributed by atoms with Gasteiger partial charge >= 0.3 is 12.0 Å². The van der Waals surface area contributed by atoms with Crippen LogP contribution in [0.25, 0.3) is 0 Å². The minimum Gasteiger partial charge on any atom is -0.388 e. The number of hydrogen-bond acceptors (Lipinski definition) is 4. The zero-order valence-electron chi connectivity index (χ0n) is 6.79. The summed E-state index contributed by atoms with van der Waals surface area (Å²) in [6.07, 6.45) is -5.02. The highest BCUT2D eigenvalue weighted by Gasteiger charge is 2.32. The van der Waals surface area contributed by atoms with E-state index < -0.39 is 28.8 Å². The molecule has 0 aliphatic carbocycles. The van der Waals surface area contributed by atoms with Crippen LogP contribution in [0.3, 0.4) is 0 Å². The summed E-state index contributed by atoms with van der Waals surface area (Å²) in [5, 5.41) is 10.1. The smallest absolute Gasteiger partial charge is 0.388 e. The lowest BCUT2D eigenvalue weighted by atomic mass is 10.4. The molecule has 0 aromatic carbocycles. The van der Waals surface area contributed by atoms with Crippen LogP contribution in [-0.2, 0) is 0 Å². The van der Waals surface area contributed by atoms with Crippen molar-refractivity contribution in [3.8, 4) is 5.88 Å². The Hall–Kier alpha value is -1.93. The van der Waals surface area contributed by atoms with Crippen molar-refractivity contribution in [2.45, 2.75) is 6.36 Å². The van der Waals surface area contributed by atoms with E-state index in [2.05, 4.69) is 9.72 Å². The van der Waals surface area contributed by atoms with Gasteiger partial charge < -0.3 is 4.74 Å². The predicted octanol–water partition coefficient (Wildman–Crippen LogP) is 2.03. The number of nitrogens with zero attached hydrogens (tertiary/aromatic N) is 2. The lowest BCUT2D eigenvalue weighted by molar-refractivity contribution is -0.388. The number of pyridine rings is 1. The monoisotopic (exact) mass is 226 g/mol. The maximum absolute atomic E-state index is 12.7. The number of alkyl halides is 3. The molecule has 0 aliphatic rings. The summed E-state index contributed by atoms with van der Waals surface area (Å²) in [7, 11) is 0. The van der Waals surface area contributed by atoms with E-state index in [1.165, 1.54) is 0 Å². The molecule has 15 heavy (non-hydrogen) atoms. The summed E-state index contributed by atoms with van der Waals surface area (Å²) >= 11 is 0. The molecule has 1 aromatic rings. The second-order valence-electron chi connectivity index (χ2n) is 2.26. The van der Waals surface area contributed by atoms with Gasteiger partial charge in [-0.1, -0.05) is 0 Å². The number of rotatable bonds is 2. The Labute approximate surface area is 79.4 Å². The van der Waals surface area contributed by atoms with Crippen LogP contribution in [0.4, 0.5) is 23.2 Å². The Morgan fingerprint density at radius 2 is 2.00 bits per heavy atom. The molecular weight excluding hydrogens is 224 g/mol. The number of ether oxygens (including phenoxy) is 1. The highest BCUT2D eigenvalue weighted by molar-refractivity contribution is 5.30. The number of halogens is 4. The summed E-state index contributed by atoms with van der Waals surface area (Å²) in [6, 6.07) is 1.08. The SMILES string of the molecule is O=[N+]([O-])c1ccc(OC(F)(F)F)nc1F. The van der Waals surface area contributed by atoms with E-state index >= 15 is 0 Å². The first kappa shape index (κ1) is 11.1. The highest BCUT2D eigenvalue weighted by Crippen LogP contribution is 2.23. The van der Waals surface area contributed by atoms with Crippen LogP contribution in [-0.4, -0.2) is 16.3 Å². The average molecular weight is 226 g/mol. The molecule has 0 radical (unpaired) electrons. The molecule has 0 unspecified atom stereocenters. The van der Waals surface area contributed by atoms with Gasteiger partial charge in [0.15, 0.2) is 0 Å². The van der Waals surface area contributed by atoms with Crippen LogP contribution < -0.4 is 4.74 Å². The summed E-state index contributed by atoms with van der Waals surface area (Å²) in [4.78, 5) is 11.6. The molecule has 0 bridgehead atoms. The number of aromatic nitrogens is 1. The van der Waals surface area contributed by atoms with Crippen molar-refractivity contribution in [3.05, 3.63) is 28.2 Å². The molecule has 1 aromatic heterocycles. The molecule has 9 heteroatoms. The van der Waals surface area contributed by atoms with E-state index in [-0.39, 0.29) is 0 Å². The molecule has 82 valence electrons. The van der Waals surface area contributed by atoms with Gasteiger partial charge in [-0.15, -0.1) is 13.2 Å². The fourth-order valence-electron chi connectivity index (χ4n) is 0.722.